The number of unbranched alkanes of at least 4 members (excludes halogenated alkanes) is 1. The van der Waals surface area contributed by atoms with E-state index in [0.29, 0.717) is 12.5 Å². The molecule has 0 spiro atoms. The van der Waals surface area contributed by atoms with Crippen LogP contribution in [0.3, 0.4) is 0 Å². The Balaban J connectivity index is 2.73. The minimum Gasteiger partial charge on any atom is -0.492 e. The molecule has 2 N–H and O–H groups in total. The predicted octanol–water partition coefficient (Wildman–Crippen LogP) is 3.70. The third-order valence-electron chi connectivity index (χ3n) is 3.39. The Bertz CT molecular complexity index is 341. The summed E-state index contributed by atoms with van der Waals surface area (Å²) in [5.74, 6) is 1.35. The van der Waals surface area contributed by atoms with Gasteiger partial charge in [-0.1, -0.05) is 33.1 Å². The number of ether oxygens (including phenoxy) is 1. The van der Waals surface area contributed by atoms with E-state index in [-0.39, 0.29) is 6.04 Å². The average Bonchev–Trinajstić information content (AvgIpc) is 2.40. The molecule has 0 fully saturated rings. The van der Waals surface area contributed by atoms with E-state index in [1.807, 2.05) is 19.2 Å². The van der Waals surface area contributed by atoms with Gasteiger partial charge in [-0.25, -0.2) is 0 Å². The van der Waals surface area contributed by atoms with Gasteiger partial charge in [-0.15, -0.1) is 0 Å². The topological polar surface area (TPSA) is 48.1 Å². The number of hydrogen-bond acceptors (Lipinski definition) is 3. The number of nitrogens with zero attached hydrogens (tertiary/aromatic N) is 1. The van der Waals surface area contributed by atoms with Crippen molar-refractivity contribution in [3.8, 4) is 5.75 Å². The molecule has 1 heterocycles. The number of hydrogen-bond donors (Lipinski definition) is 1. The summed E-state index contributed by atoms with van der Waals surface area (Å²) in [6, 6.07) is 2.09. The van der Waals surface area contributed by atoms with Crippen molar-refractivity contribution >= 4 is 0 Å². The van der Waals surface area contributed by atoms with E-state index in [1.54, 1.807) is 6.20 Å². The third kappa shape index (κ3) is 4.30. The molecule has 1 aromatic heterocycles. The molecule has 0 radical (unpaired) electrons. The molecule has 3 heteroatoms. The Kier molecular flexibility index (Phi) is 6.73. The highest BCUT2D eigenvalue weighted by molar-refractivity contribution is 5.26. The van der Waals surface area contributed by atoms with Crippen LogP contribution in [0.5, 0.6) is 5.75 Å². The smallest absolute Gasteiger partial charge is 0.137 e. The molecule has 0 saturated heterocycles. The standard InChI is InChI=1S/C15H26N2O/c1-4-7-8-12(5-2)15(16)13-9-14(18-6-3)11-17-10-13/h9-12,15H,4-8,16H2,1-3H3. The van der Waals surface area contributed by atoms with E-state index >= 15 is 0 Å². The Labute approximate surface area is 111 Å². The van der Waals surface area contributed by atoms with Gasteiger partial charge in [-0.2, -0.15) is 0 Å². The maximum absolute atomic E-state index is 6.36. The molecule has 3 nitrogen and oxygen atoms in total. The zero-order chi connectivity index (χ0) is 13.4. The van der Waals surface area contributed by atoms with Crippen molar-refractivity contribution in [3.05, 3.63) is 24.0 Å². The molecule has 2 unspecified atom stereocenters. The maximum Gasteiger partial charge on any atom is 0.137 e. The SMILES string of the molecule is CCCCC(CC)C(N)c1cncc(OCC)c1. The second kappa shape index (κ2) is 8.09. The first kappa shape index (κ1) is 15.0. The molecule has 0 amide bonds. The van der Waals surface area contributed by atoms with Crippen LogP contribution in [0.15, 0.2) is 18.5 Å². The Hall–Kier alpha value is -1.09. The highest BCUT2D eigenvalue weighted by Gasteiger charge is 2.18. The van der Waals surface area contributed by atoms with Crippen LogP contribution < -0.4 is 10.5 Å². The molecule has 0 aromatic carbocycles. The second-order valence-electron chi connectivity index (χ2n) is 4.72. The molecular formula is C15H26N2O. The number of rotatable bonds is 8. The zero-order valence-corrected chi connectivity index (χ0v) is 11.9. The quantitative estimate of drug-likeness (QED) is 0.765. The summed E-state index contributed by atoms with van der Waals surface area (Å²) in [4.78, 5) is 4.22. The largest absolute Gasteiger partial charge is 0.492 e. The van der Waals surface area contributed by atoms with Crippen LogP contribution >= 0.6 is 0 Å². The lowest BCUT2D eigenvalue weighted by Crippen LogP contribution is -2.21. The van der Waals surface area contributed by atoms with Gasteiger partial charge in [-0.05, 0) is 30.9 Å². The van der Waals surface area contributed by atoms with Gasteiger partial charge in [0.15, 0.2) is 0 Å². The van der Waals surface area contributed by atoms with E-state index in [9.17, 15) is 0 Å². The Morgan fingerprint density at radius 3 is 2.67 bits per heavy atom. The molecule has 0 aliphatic heterocycles. The first-order valence-corrected chi connectivity index (χ1v) is 7.06. The molecule has 0 saturated carbocycles. The molecular weight excluding hydrogens is 224 g/mol. The monoisotopic (exact) mass is 250 g/mol. The summed E-state index contributed by atoms with van der Waals surface area (Å²) >= 11 is 0. The van der Waals surface area contributed by atoms with Gasteiger partial charge < -0.3 is 10.5 Å². The molecule has 1 aromatic rings. The fourth-order valence-electron chi connectivity index (χ4n) is 2.24. The second-order valence-corrected chi connectivity index (χ2v) is 4.72. The molecule has 102 valence electrons. The maximum atomic E-state index is 6.36. The summed E-state index contributed by atoms with van der Waals surface area (Å²) in [6.07, 6.45) is 8.37. The van der Waals surface area contributed by atoms with Crippen molar-refractivity contribution in [2.75, 3.05) is 6.61 Å². The van der Waals surface area contributed by atoms with Crippen LogP contribution in [0.1, 0.15) is 58.1 Å². The van der Waals surface area contributed by atoms with Crippen molar-refractivity contribution in [2.24, 2.45) is 11.7 Å². The fourth-order valence-corrected chi connectivity index (χ4v) is 2.24. The zero-order valence-electron chi connectivity index (χ0n) is 11.9. The van der Waals surface area contributed by atoms with Crippen molar-refractivity contribution in [3.63, 3.8) is 0 Å². The van der Waals surface area contributed by atoms with E-state index in [1.165, 1.54) is 19.3 Å². The first-order chi connectivity index (χ1) is 8.72. The van der Waals surface area contributed by atoms with Crippen molar-refractivity contribution in [2.45, 2.75) is 52.5 Å². The third-order valence-corrected chi connectivity index (χ3v) is 3.39. The highest BCUT2D eigenvalue weighted by atomic mass is 16.5. The van der Waals surface area contributed by atoms with E-state index in [0.717, 1.165) is 17.7 Å². The van der Waals surface area contributed by atoms with Gasteiger partial charge in [0, 0.05) is 12.2 Å². The molecule has 0 bridgehead atoms. The van der Waals surface area contributed by atoms with E-state index in [4.69, 9.17) is 10.5 Å². The summed E-state index contributed by atoms with van der Waals surface area (Å²) in [7, 11) is 0. The van der Waals surface area contributed by atoms with E-state index < -0.39 is 0 Å². The molecule has 2 atom stereocenters. The molecule has 0 aliphatic rings. The Morgan fingerprint density at radius 2 is 2.06 bits per heavy atom. The van der Waals surface area contributed by atoms with Crippen molar-refractivity contribution in [1.82, 2.24) is 4.98 Å². The normalized spacial score (nSPS) is 14.2. The number of aromatic nitrogens is 1. The minimum atomic E-state index is 0.0643. The van der Waals surface area contributed by atoms with Crippen LogP contribution in [0.25, 0.3) is 0 Å². The highest BCUT2D eigenvalue weighted by Crippen LogP contribution is 2.28. The van der Waals surface area contributed by atoms with Gasteiger partial charge in [-0.3, -0.25) is 4.98 Å². The number of pyridine rings is 1. The van der Waals surface area contributed by atoms with Crippen LogP contribution in [0, 0.1) is 5.92 Å². The average molecular weight is 250 g/mol. The first-order valence-electron chi connectivity index (χ1n) is 7.06. The molecule has 18 heavy (non-hydrogen) atoms. The van der Waals surface area contributed by atoms with Crippen LogP contribution in [-0.2, 0) is 0 Å². The van der Waals surface area contributed by atoms with E-state index in [2.05, 4.69) is 18.8 Å². The molecule has 1 rings (SSSR count). The lowest BCUT2D eigenvalue weighted by atomic mass is 9.88. The Morgan fingerprint density at radius 1 is 1.28 bits per heavy atom. The lowest BCUT2D eigenvalue weighted by molar-refractivity contribution is 0.335. The minimum absolute atomic E-state index is 0.0643. The van der Waals surface area contributed by atoms with Gasteiger partial charge in [0.05, 0.1) is 12.8 Å². The lowest BCUT2D eigenvalue weighted by Gasteiger charge is -2.23. The predicted molar refractivity (Wildman–Crippen MR) is 75.6 cm³/mol. The molecule has 0 aliphatic carbocycles. The van der Waals surface area contributed by atoms with Crippen molar-refractivity contribution < 1.29 is 4.74 Å². The summed E-state index contributed by atoms with van der Waals surface area (Å²) in [6.45, 7) is 7.06. The summed E-state index contributed by atoms with van der Waals surface area (Å²) < 4.78 is 5.47. The van der Waals surface area contributed by atoms with Gasteiger partial charge in [0.25, 0.3) is 0 Å². The van der Waals surface area contributed by atoms with Gasteiger partial charge >= 0.3 is 0 Å². The van der Waals surface area contributed by atoms with Crippen LogP contribution in [-0.4, -0.2) is 11.6 Å². The van der Waals surface area contributed by atoms with Crippen molar-refractivity contribution in [1.29, 1.82) is 0 Å². The fraction of sp³-hybridized carbons (Fsp3) is 0.667. The summed E-state index contributed by atoms with van der Waals surface area (Å²) in [5.41, 5.74) is 7.45. The van der Waals surface area contributed by atoms with Crippen LogP contribution in [0.2, 0.25) is 0 Å². The van der Waals surface area contributed by atoms with Crippen LogP contribution in [0.4, 0.5) is 0 Å². The van der Waals surface area contributed by atoms with Gasteiger partial charge in [0.1, 0.15) is 5.75 Å². The summed E-state index contributed by atoms with van der Waals surface area (Å²) in [5, 5.41) is 0. The number of nitrogens with two attached hydrogens (primary N) is 1. The van der Waals surface area contributed by atoms with Gasteiger partial charge in [0.2, 0.25) is 0 Å².